The van der Waals surface area contributed by atoms with Crippen molar-refractivity contribution in [1.29, 1.82) is 0 Å². The minimum atomic E-state index is 0. The molecular weight excluding hydrogens is 320 g/mol. The summed E-state index contributed by atoms with van der Waals surface area (Å²) in [6.07, 6.45) is 0. The molecule has 1 amide bonds. The van der Waals surface area contributed by atoms with Gasteiger partial charge in [-0.25, -0.2) is 0 Å². The third kappa shape index (κ3) is 3.19. The quantitative estimate of drug-likeness (QED) is 0.897. The molecule has 6 nitrogen and oxygen atoms in total. The second kappa shape index (κ2) is 7.27. The number of nitrogens with zero attached hydrogens (tertiary/aromatic N) is 1. The van der Waals surface area contributed by atoms with E-state index >= 15 is 0 Å². The van der Waals surface area contributed by atoms with Crippen molar-refractivity contribution in [2.24, 2.45) is 11.8 Å². The molecule has 2 fully saturated rings. The van der Waals surface area contributed by atoms with Gasteiger partial charge in [-0.3, -0.25) is 4.79 Å². The standard InChI is InChI=1S/C16H22N2O4.ClH/c1-20-13-4-10(5-14(21-2)15(13)22-3)16(19)18-8-11-6-17-7-12(11)9-18;/h4-5,11-12,17H,6-9H2,1-3H3;1H/t11-,12+;. The van der Waals surface area contributed by atoms with E-state index in [1.165, 1.54) is 0 Å². The van der Waals surface area contributed by atoms with Gasteiger partial charge in [0, 0.05) is 31.7 Å². The summed E-state index contributed by atoms with van der Waals surface area (Å²) in [5.41, 5.74) is 0.572. The second-order valence-corrected chi connectivity index (χ2v) is 5.80. The molecule has 2 heterocycles. The van der Waals surface area contributed by atoms with Crippen molar-refractivity contribution < 1.29 is 19.0 Å². The summed E-state index contributed by atoms with van der Waals surface area (Å²) in [6, 6.07) is 3.44. The topological polar surface area (TPSA) is 60.0 Å². The maximum Gasteiger partial charge on any atom is 0.254 e. The van der Waals surface area contributed by atoms with Crippen LogP contribution in [0.2, 0.25) is 0 Å². The van der Waals surface area contributed by atoms with Crippen LogP contribution in [0.5, 0.6) is 17.2 Å². The lowest BCUT2D eigenvalue weighted by molar-refractivity contribution is 0.0781. The summed E-state index contributed by atoms with van der Waals surface area (Å²) in [6.45, 7) is 3.63. The number of likely N-dealkylation sites (tertiary alicyclic amines) is 1. The summed E-state index contributed by atoms with van der Waals surface area (Å²) >= 11 is 0. The molecule has 3 rings (SSSR count). The first-order chi connectivity index (χ1) is 10.7. The SMILES string of the molecule is COc1cc(C(=O)N2C[C@H]3CNC[C@H]3C2)cc(OC)c1OC.Cl. The van der Waals surface area contributed by atoms with Crippen LogP contribution in [0.1, 0.15) is 10.4 Å². The molecule has 23 heavy (non-hydrogen) atoms. The van der Waals surface area contributed by atoms with Crippen LogP contribution in [0.4, 0.5) is 0 Å². The summed E-state index contributed by atoms with van der Waals surface area (Å²) in [5, 5.41) is 3.38. The summed E-state index contributed by atoms with van der Waals surface area (Å²) in [4.78, 5) is 14.7. The normalized spacial score (nSPS) is 22.3. The van der Waals surface area contributed by atoms with E-state index in [-0.39, 0.29) is 18.3 Å². The Hall–Kier alpha value is -1.66. The largest absolute Gasteiger partial charge is 0.493 e. The zero-order valence-electron chi connectivity index (χ0n) is 13.6. The number of nitrogens with one attached hydrogen (secondary N) is 1. The molecule has 2 aliphatic rings. The number of benzene rings is 1. The Balaban J connectivity index is 0.00000192. The fraction of sp³-hybridized carbons (Fsp3) is 0.562. The molecule has 0 aromatic heterocycles. The molecule has 7 heteroatoms. The minimum Gasteiger partial charge on any atom is -0.493 e. The van der Waals surface area contributed by atoms with Gasteiger partial charge < -0.3 is 24.4 Å². The average Bonchev–Trinajstić information content (AvgIpc) is 3.14. The summed E-state index contributed by atoms with van der Waals surface area (Å²) < 4.78 is 15.9. The number of methoxy groups -OCH3 is 3. The first kappa shape index (κ1) is 17.7. The average molecular weight is 343 g/mol. The highest BCUT2D eigenvalue weighted by atomic mass is 35.5. The molecule has 1 aromatic carbocycles. The number of amides is 1. The minimum absolute atomic E-state index is 0. The summed E-state index contributed by atoms with van der Waals surface area (Å²) in [5.74, 6) is 2.69. The fourth-order valence-electron chi connectivity index (χ4n) is 3.41. The molecule has 128 valence electrons. The number of carbonyl (C=O) groups is 1. The van der Waals surface area contributed by atoms with E-state index < -0.39 is 0 Å². The number of rotatable bonds is 4. The zero-order valence-corrected chi connectivity index (χ0v) is 14.4. The third-order valence-electron chi connectivity index (χ3n) is 4.59. The van der Waals surface area contributed by atoms with Crippen LogP contribution in [0.25, 0.3) is 0 Å². The Morgan fingerprint density at radius 1 is 1.04 bits per heavy atom. The first-order valence-corrected chi connectivity index (χ1v) is 7.48. The Kier molecular flexibility index (Phi) is 5.59. The molecule has 2 aliphatic heterocycles. The third-order valence-corrected chi connectivity index (χ3v) is 4.59. The summed E-state index contributed by atoms with van der Waals surface area (Å²) in [7, 11) is 4.66. The smallest absolute Gasteiger partial charge is 0.254 e. The van der Waals surface area contributed by atoms with Gasteiger partial charge in [0.1, 0.15) is 0 Å². The van der Waals surface area contributed by atoms with Crippen molar-refractivity contribution >= 4 is 18.3 Å². The molecule has 1 aromatic rings. The molecule has 2 saturated heterocycles. The van der Waals surface area contributed by atoms with Gasteiger partial charge in [-0.1, -0.05) is 0 Å². The predicted molar refractivity (Wildman–Crippen MR) is 89.1 cm³/mol. The van der Waals surface area contributed by atoms with Crippen LogP contribution in [0.15, 0.2) is 12.1 Å². The predicted octanol–water partition coefficient (Wildman–Crippen LogP) is 1.43. The molecule has 0 aliphatic carbocycles. The van der Waals surface area contributed by atoms with Crippen LogP contribution in [0, 0.1) is 11.8 Å². The van der Waals surface area contributed by atoms with Crippen LogP contribution in [0.3, 0.4) is 0 Å². The first-order valence-electron chi connectivity index (χ1n) is 7.48. The highest BCUT2D eigenvalue weighted by molar-refractivity contribution is 5.96. The van der Waals surface area contributed by atoms with Gasteiger partial charge in [0.05, 0.1) is 21.3 Å². The number of hydrogen-bond acceptors (Lipinski definition) is 5. The van der Waals surface area contributed by atoms with Crippen molar-refractivity contribution in [2.45, 2.75) is 0 Å². The fourth-order valence-corrected chi connectivity index (χ4v) is 3.41. The van der Waals surface area contributed by atoms with E-state index in [0.29, 0.717) is 34.6 Å². The Morgan fingerprint density at radius 3 is 2.00 bits per heavy atom. The van der Waals surface area contributed by atoms with Crippen molar-refractivity contribution in [3.05, 3.63) is 17.7 Å². The lowest BCUT2D eigenvalue weighted by Crippen LogP contribution is -2.31. The Bertz CT molecular complexity index is 544. The number of carbonyl (C=O) groups excluding carboxylic acids is 1. The highest BCUT2D eigenvalue weighted by Crippen LogP contribution is 2.39. The van der Waals surface area contributed by atoms with Gasteiger partial charge in [0.15, 0.2) is 11.5 Å². The lowest BCUT2D eigenvalue weighted by atomic mass is 10.0. The molecule has 0 spiro atoms. The van der Waals surface area contributed by atoms with Gasteiger partial charge in [-0.2, -0.15) is 0 Å². The van der Waals surface area contributed by atoms with Crippen molar-refractivity contribution in [3.8, 4) is 17.2 Å². The second-order valence-electron chi connectivity index (χ2n) is 5.80. The monoisotopic (exact) mass is 342 g/mol. The molecule has 0 saturated carbocycles. The van der Waals surface area contributed by atoms with E-state index in [9.17, 15) is 4.79 Å². The maximum absolute atomic E-state index is 12.8. The van der Waals surface area contributed by atoms with E-state index in [4.69, 9.17) is 14.2 Å². The zero-order chi connectivity index (χ0) is 15.7. The van der Waals surface area contributed by atoms with Crippen LogP contribution < -0.4 is 19.5 Å². The van der Waals surface area contributed by atoms with E-state index in [1.54, 1.807) is 33.5 Å². The highest BCUT2D eigenvalue weighted by Gasteiger charge is 2.38. The van der Waals surface area contributed by atoms with E-state index in [1.807, 2.05) is 4.90 Å². The molecule has 0 radical (unpaired) electrons. The Labute approximate surface area is 142 Å². The van der Waals surface area contributed by atoms with Crippen molar-refractivity contribution in [2.75, 3.05) is 47.5 Å². The van der Waals surface area contributed by atoms with Crippen molar-refractivity contribution in [3.63, 3.8) is 0 Å². The number of fused-ring (bicyclic) bond motifs is 1. The molecule has 0 bridgehead atoms. The van der Waals surface area contributed by atoms with Crippen LogP contribution in [-0.2, 0) is 0 Å². The van der Waals surface area contributed by atoms with E-state index in [0.717, 1.165) is 26.2 Å². The van der Waals surface area contributed by atoms with Gasteiger partial charge in [-0.05, 0) is 24.0 Å². The van der Waals surface area contributed by atoms with Crippen molar-refractivity contribution in [1.82, 2.24) is 10.2 Å². The number of hydrogen-bond donors (Lipinski definition) is 1. The van der Waals surface area contributed by atoms with E-state index in [2.05, 4.69) is 5.32 Å². The molecular formula is C16H23ClN2O4. The molecule has 0 unspecified atom stereocenters. The molecule has 2 atom stereocenters. The van der Waals surface area contributed by atoms with Gasteiger partial charge >= 0.3 is 0 Å². The van der Waals surface area contributed by atoms with Crippen LogP contribution in [-0.4, -0.2) is 58.3 Å². The number of ether oxygens (including phenoxy) is 3. The van der Waals surface area contributed by atoms with Gasteiger partial charge in [0.2, 0.25) is 5.75 Å². The number of halogens is 1. The molecule has 1 N–H and O–H groups in total. The van der Waals surface area contributed by atoms with Gasteiger partial charge in [0.25, 0.3) is 5.91 Å². The van der Waals surface area contributed by atoms with Gasteiger partial charge in [-0.15, -0.1) is 12.4 Å². The lowest BCUT2D eigenvalue weighted by Gasteiger charge is -2.19. The Morgan fingerprint density at radius 2 is 1.57 bits per heavy atom. The van der Waals surface area contributed by atoms with Crippen LogP contribution >= 0.6 is 12.4 Å². The maximum atomic E-state index is 12.8.